The summed E-state index contributed by atoms with van der Waals surface area (Å²) in [4.78, 5) is 12.8. The number of anilines is 3. The Bertz CT molecular complexity index is 1030. The average Bonchev–Trinajstić information content (AvgIpc) is 3.24. The molecule has 29 heavy (non-hydrogen) atoms. The molecule has 0 saturated carbocycles. The van der Waals surface area contributed by atoms with Crippen molar-refractivity contribution in [3.8, 4) is 5.75 Å². The first kappa shape index (κ1) is 20.1. The van der Waals surface area contributed by atoms with Crippen LogP contribution in [0.3, 0.4) is 0 Å². The molecule has 2 bridgehead atoms. The van der Waals surface area contributed by atoms with Crippen molar-refractivity contribution >= 4 is 52.8 Å². The average molecular weight is 401 g/mol. The minimum atomic E-state index is -1.10. The third kappa shape index (κ3) is 3.18. The summed E-state index contributed by atoms with van der Waals surface area (Å²) >= 11 is 0. The minimum absolute atomic E-state index is 0. The van der Waals surface area contributed by atoms with Crippen molar-refractivity contribution in [2.45, 2.75) is 33.7 Å². The molecular formula is C21H24N5NaO2. The van der Waals surface area contributed by atoms with E-state index < -0.39 is 5.97 Å². The first-order chi connectivity index (χ1) is 13.5. The van der Waals surface area contributed by atoms with Crippen LogP contribution in [-0.4, -0.2) is 48.5 Å². The van der Waals surface area contributed by atoms with Crippen LogP contribution in [0.15, 0.2) is 46.7 Å². The molecule has 1 unspecified atom stereocenters. The summed E-state index contributed by atoms with van der Waals surface area (Å²) in [6.07, 6.45) is 1.83. The Kier molecular flexibility index (Phi) is 5.02. The van der Waals surface area contributed by atoms with E-state index >= 15 is 0 Å². The van der Waals surface area contributed by atoms with Crippen molar-refractivity contribution in [1.29, 1.82) is 0 Å². The van der Waals surface area contributed by atoms with Gasteiger partial charge in [-0.3, -0.25) is 4.90 Å². The van der Waals surface area contributed by atoms with Crippen molar-refractivity contribution in [2.75, 3.05) is 22.3 Å². The number of rotatable bonds is 3. The van der Waals surface area contributed by atoms with E-state index in [2.05, 4.69) is 55.1 Å². The first-order valence-corrected chi connectivity index (χ1v) is 9.34. The summed E-state index contributed by atoms with van der Waals surface area (Å²) in [6, 6.07) is 10.3. The molecule has 7 nitrogen and oxygen atoms in total. The van der Waals surface area contributed by atoms with Crippen LogP contribution >= 0.6 is 0 Å². The third-order valence-corrected chi connectivity index (χ3v) is 5.57. The monoisotopic (exact) mass is 401 g/mol. The number of hydrogen-bond donors (Lipinski definition) is 3. The molecule has 0 aliphatic carbocycles. The van der Waals surface area contributed by atoms with Crippen LogP contribution in [0.5, 0.6) is 5.75 Å². The molecule has 0 spiro atoms. The molecule has 8 heteroatoms. The molecular weight excluding hydrogens is 377 g/mol. The molecule has 0 amide bonds. The maximum absolute atomic E-state index is 5.99. The number of hydroxylamine groups is 1. The summed E-state index contributed by atoms with van der Waals surface area (Å²) < 4.78 is 5.56. The Labute approximate surface area is 192 Å². The standard InChI is InChI=1S/C21H23N5O2.Na.H/c1-12-7-16(8-13(2)15(12)4)24-21-23-10-14(3)20(25-28-21)26(21)17-5-6-19-18(9-17)22-11-27-19;;/h5-10,22,24-25H,11H2,1-4H3;;. The Morgan fingerprint density at radius 2 is 1.86 bits per heavy atom. The van der Waals surface area contributed by atoms with Crippen LogP contribution in [0, 0.1) is 20.8 Å². The Balaban J connectivity index is 0.00000205. The number of aliphatic imine (C=N–C) groups is 1. The van der Waals surface area contributed by atoms with Gasteiger partial charge in [0.25, 0.3) is 0 Å². The molecule has 1 fully saturated rings. The zero-order valence-corrected chi connectivity index (χ0v) is 16.4. The van der Waals surface area contributed by atoms with E-state index in [-0.39, 0.29) is 29.6 Å². The topological polar surface area (TPSA) is 70.2 Å². The van der Waals surface area contributed by atoms with Crippen molar-refractivity contribution in [3.63, 3.8) is 0 Å². The van der Waals surface area contributed by atoms with Gasteiger partial charge in [-0.2, -0.15) is 0 Å². The molecule has 2 aromatic rings. The number of benzene rings is 2. The van der Waals surface area contributed by atoms with Gasteiger partial charge in [0.05, 0.1) is 11.4 Å². The summed E-state index contributed by atoms with van der Waals surface area (Å²) in [5.74, 6) is 0.612. The molecule has 5 rings (SSSR count). The van der Waals surface area contributed by atoms with Gasteiger partial charge < -0.3 is 15.4 Å². The van der Waals surface area contributed by atoms with E-state index in [0.717, 1.165) is 34.2 Å². The van der Waals surface area contributed by atoms with Gasteiger partial charge in [-0.1, -0.05) is 0 Å². The number of fused-ring (bicyclic) bond motifs is 3. The fourth-order valence-corrected chi connectivity index (χ4v) is 3.78. The van der Waals surface area contributed by atoms with Crippen LogP contribution in [0.4, 0.5) is 17.1 Å². The van der Waals surface area contributed by atoms with Gasteiger partial charge in [-0.15, -0.1) is 0 Å². The second-order valence-corrected chi connectivity index (χ2v) is 7.44. The summed E-state index contributed by atoms with van der Waals surface area (Å²) in [5.41, 5.74) is 10.6. The second kappa shape index (κ2) is 7.25. The number of aryl methyl sites for hydroxylation is 2. The molecule has 1 atom stereocenters. The van der Waals surface area contributed by atoms with Gasteiger partial charge in [0.2, 0.25) is 0 Å². The first-order valence-electron chi connectivity index (χ1n) is 9.34. The van der Waals surface area contributed by atoms with Crippen molar-refractivity contribution in [2.24, 2.45) is 4.99 Å². The maximum atomic E-state index is 5.99. The van der Waals surface area contributed by atoms with Crippen LogP contribution < -0.4 is 25.8 Å². The fraction of sp³-hybridized carbons (Fsp3) is 0.286. The van der Waals surface area contributed by atoms with Gasteiger partial charge in [0.1, 0.15) is 11.6 Å². The van der Waals surface area contributed by atoms with Crippen LogP contribution in [-0.2, 0) is 4.84 Å². The Morgan fingerprint density at radius 1 is 1.10 bits per heavy atom. The predicted molar refractivity (Wildman–Crippen MR) is 118 cm³/mol. The summed E-state index contributed by atoms with van der Waals surface area (Å²) in [7, 11) is 0. The Hall–Kier alpha value is -2.19. The molecule has 2 aromatic carbocycles. The SMILES string of the molecule is CC1=C2NOC(Nc3cc(C)c(C)c(C)c3)(N=C1)N2c1ccc2c(c1)NCO2.[NaH]. The van der Waals surface area contributed by atoms with Gasteiger partial charge in [-0.05, 0) is 74.7 Å². The van der Waals surface area contributed by atoms with E-state index in [0.29, 0.717) is 6.73 Å². The normalized spacial score (nSPS) is 21.2. The van der Waals surface area contributed by atoms with E-state index in [1.807, 2.05) is 30.2 Å². The molecule has 1 saturated heterocycles. The van der Waals surface area contributed by atoms with E-state index in [1.165, 1.54) is 16.7 Å². The zero-order valence-electron chi connectivity index (χ0n) is 16.4. The summed E-state index contributed by atoms with van der Waals surface area (Å²) in [6.45, 7) is 8.85. The third-order valence-electron chi connectivity index (χ3n) is 5.57. The number of ether oxygens (including phenoxy) is 1. The zero-order chi connectivity index (χ0) is 19.5. The number of nitrogens with one attached hydrogen (secondary N) is 3. The molecule has 3 heterocycles. The van der Waals surface area contributed by atoms with Gasteiger partial charge in [0, 0.05) is 17.5 Å². The Morgan fingerprint density at radius 3 is 2.62 bits per heavy atom. The van der Waals surface area contributed by atoms with E-state index in [1.54, 1.807) is 0 Å². The second-order valence-electron chi connectivity index (χ2n) is 7.44. The van der Waals surface area contributed by atoms with Gasteiger partial charge in [-0.25, -0.2) is 15.3 Å². The molecule has 0 radical (unpaired) electrons. The van der Waals surface area contributed by atoms with Crippen LogP contribution in [0.25, 0.3) is 0 Å². The molecule has 3 aliphatic heterocycles. The van der Waals surface area contributed by atoms with Crippen LogP contribution in [0.2, 0.25) is 0 Å². The molecule has 146 valence electrons. The van der Waals surface area contributed by atoms with E-state index in [9.17, 15) is 0 Å². The molecule has 3 aliphatic rings. The summed E-state index contributed by atoms with van der Waals surface area (Å²) in [5, 5.41) is 6.73. The van der Waals surface area contributed by atoms with Crippen molar-refractivity contribution in [1.82, 2.24) is 5.48 Å². The van der Waals surface area contributed by atoms with Gasteiger partial charge >= 0.3 is 35.5 Å². The van der Waals surface area contributed by atoms with Gasteiger partial charge in [0.15, 0.2) is 6.73 Å². The quantitative estimate of drug-likeness (QED) is 0.687. The number of nitrogens with zero attached hydrogens (tertiary/aromatic N) is 2. The van der Waals surface area contributed by atoms with Crippen molar-refractivity contribution in [3.05, 3.63) is 58.4 Å². The van der Waals surface area contributed by atoms with Crippen LogP contribution in [0.1, 0.15) is 23.6 Å². The molecule has 0 aromatic heterocycles. The number of allylic oxidation sites excluding steroid dienone is 1. The molecule has 3 N–H and O–H groups in total. The predicted octanol–water partition coefficient (Wildman–Crippen LogP) is 3.11. The van der Waals surface area contributed by atoms with E-state index in [4.69, 9.17) is 14.6 Å². The number of hydrogen-bond acceptors (Lipinski definition) is 7. The van der Waals surface area contributed by atoms with Crippen molar-refractivity contribution < 1.29 is 9.57 Å². The fourth-order valence-electron chi connectivity index (χ4n) is 3.78.